The molecule has 3 aromatic carbocycles. The van der Waals surface area contributed by atoms with E-state index >= 15 is 0 Å². The zero-order valence-electron chi connectivity index (χ0n) is 24.9. The Balaban J connectivity index is 1.21. The third kappa shape index (κ3) is 4.15. The Bertz CT molecular complexity index is 1910. The largest absolute Gasteiger partial charge is 0.507 e. The number of rotatable bonds is 3. The summed E-state index contributed by atoms with van der Waals surface area (Å²) >= 11 is 0. The van der Waals surface area contributed by atoms with Gasteiger partial charge >= 0.3 is 0 Å². The van der Waals surface area contributed by atoms with E-state index in [1.807, 2.05) is 60.7 Å². The molecule has 8 heteroatoms. The molecule has 2 aliphatic heterocycles. The van der Waals surface area contributed by atoms with Gasteiger partial charge in [-0.15, -0.1) is 0 Å². The number of Topliss-reactive ketones (excluding diaryl/α,β-unsaturated/α-hetero) is 1. The first-order valence-corrected chi connectivity index (χ1v) is 15.5. The molecule has 3 aromatic rings. The second kappa shape index (κ2) is 10.4. The molecule has 0 spiro atoms. The maximum Gasteiger partial charge on any atom is 0.238 e. The summed E-state index contributed by atoms with van der Waals surface area (Å²) in [5, 5.41) is 12.1. The van der Waals surface area contributed by atoms with E-state index in [9.17, 15) is 24.3 Å². The van der Waals surface area contributed by atoms with E-state index < -0.39 is 23.7 Å². The van der Waals surface area contributed by atoms with Crippen LogP contribution in [0.4, 0.5) is 11.4 Å². The van der Waals surface area contributed by atoms with Gasteiger partial charge in [-0.2, -0.15) is 0 Å². The summed E-state index contributed by atoms with van der Waals surface area (Å²) in [6.45, 7) is 4.54. The molecule has 2 saturated heterocycles. The molecule has 1 N–H and O–H groups in total. The number of amides is 2. The molecule has 0 bridgehead atoms. The quantitative estimate of drug-likeness (QED) is 0.256. The molecular formula is C37H32N2O6. The van der Waals surface area contributed by atoms with Crippen molar-refractivity contribution in [3.8, 4) is 5.75 Å². The standard InChI is InChI=1S/C37H32N2O6/c1-20-18-31(41)34-29(35(20)42)19-28-26(32(34)25-12-13-30(40)24-5-3-2-4-23(24)25)10-11-27-33(28)37(44)39(36(27)43)22-8-6-21(7-9-22)38-14-16-45-17-15-38/h2-10,12-13,18,27-28,32-33,40H,11,14-17,19H2,1H3. The molecule has 226 valence electrons. The minimum atomic E-state index is -0.648. The highest BCUT2D eigenvalue weighted by atomic mass is 16.5. The first kappa shape index (κ1) is 27.7. The number of benzene rings is 3. The van der Waals surface area contributed by atoms with Crippen LogP contribution in [0.25, 0.3) is 10.8 Å². The van der Waals surface area contributed by atoms with Gasteiger partial charge in [0.05, 0.1) is 30.7 Å². The number of ketones is 2. The lowest BCUT2D eigenvalue weighted by Gasteiger charge is -2.42. The van der Waals surface area contributed by atoms with Gasteiger partial charge in [0.15, 0.2) is 11.6 Å². The number of fused-ring (bicyclic) bond motifs is 4. The number of anilines is 2. The first-order valence-electron chi connectivity index (χ1n) is 15.5. The van der Waals surface area contributed by atoms with Crippen LogP contribution in [0.1, 0.15) is 31.2 Å². The Morgan fingerprint density at radius 2 is 1.53 bits per heavy atom. The molecule has 2 amide bonds. The highest BCUT2D eigenvalue weighted by molar-refractivity contribution is 6.25. The molecule has 8 nitrogen and oxygen atoms in total. The van der Waals surface area contributed by atoms with E-state index in [1.54, 1.807) is 13.0 Å². The van der Waals surface area contributed by atoms with Gasteiger partial charge in [-0.05, 0) is 73.0 Å². The van der Waals surface area contributed by atoms with Crippen LogP contribution in [-0.2, 0) is 23.9 Å². The Morgan fingerprint density at radius 1 is 0.822 bits per heavy atom. The first-order chi connectivity index (χ1) is 21.8. The van der Waals surface area contributed by atoms with Gasteiger partial charge in [-0.1, -0.05) is 42.0 Å². The van der Waals surface area contributed by atoms with Crippen molar-refractivity contribution >= 4 is 45.5 Å². The minimum absolute atomic E-state index is 0.127. The number of allylic oxidation sites excluding steroid dienone is 6. The summed E-state index contributed by atoms with van der Waals surface area (Å²) in [6.07, 6.45) is 4.04. The number of hydrogen-bond acceptors (Lipinski definition) is 7. The zero-order chi connectivity index (χ0) is 31.0. The fourth-order valence-electron chi connectivity index (χ4n) is 8.18. The van der Waals surface area contributed by atoms with Gasteiger partial charge in [0.1, 0.15) is 5.75 Å². The van der Waals surface area contributed by atoms with Crippen LogP contribution in [0.5, 0.6) is 5.75 Å². The van der Waals surface area contributed by atoms with Gasteiger partial charge in [0.25, 0.3) is 0 Å². The Hall–Kier alpha value is -4.82. The van der Waals surface area contributed by atoms with Crippen molar-refractivity contribution in [3.63, 3.8) is 0 Å². The summed E-state index contributed by atoms with van der Waals surface area (Å²) < 4.78 is 5.46. The second-order valence-corrected chi connectivity index (χ2v) is 12.6. The van der Waals surface area contributed by atoms with Crippen molar-refractivity contribution in [1.29, 1.82) is 0 Å². The van der Waals surface area contributed by atoms with Crippen molar-refractivity contribution in [1.82, 2.24) is 0 Å². The number of hydrogen-bond donors (Lipinski definition) is 1. The number of aromatic hydroxyl groups is 1. The maximum absolute atomic E-state index is 14.3. The Labute approximate surface area is 260 Å². The maximum atomic E-state index is 14.3. The minimum Gasteiger partial charge on any atom is -0.507 e. The van der Waals surface area contributed by atoms with Gasteiger partial charge in [0, 0.05) is 46.8 Å². The van der Waals surface area contributed by atoms with Crippen LogP contribution in [0.2, 0.25) is 0 Å². The van der Waals surface area contributed by atoms with Gasteiger partial charge < -0.3 is 14.7 Å². The molecular weight excluding hydrogens is 568 g/mol. The van der Waals surface area contributed by atoms with E-state index in [0.29, 0.717) is 47.4 Å². The molecule has 0 aromatic heterocycles. The second-order valence-electron chi connectivity index (χ2n) is 12.6. The number of imide groups is 1. The topological polar surface area (TPSA) is 104 Å². The fourth-order valence-corrected chi connectivity index (χ4v) is 8.18. The van der Waals surface area contributed by atoms with Gasteiger partial charge in [0.2, 0.25) is 11.8 Å². The number of phenolic OH excluding ortho intramolecular Hbond substituents is 1. The third-order valence-electron chi connectivity index (χ3n) is 10.3. The van der Waals surface area contributed by atoms with Crippen molar-refractivity contribution in [3.05, 3.63) is 101 Å². The van der Waals surface area contributed by atoms with E-state index in [2.05, 4.69) is 4.90 Å². The lowest BCUT2D eigenvalue weighted by Crippen LogP contribution is -2.39. The molecule has 2 fully saturated rings. The average molecular weight is 601 g/mol. The lowest BCUT2D eigenvalue weighted by molar-refractivity contribution is -0.123. The van der Waals surface area contributed by atoms with E-state index in [4.69, 9.17) is 4.74 Å². The predicted octanol–water partition coefficient (Wildman–Crippen LogP) is 5.02. The van der Waals surface area contributed by atoms with E-state index in [-0.39, 0.29) is 35.6 Å². The van der Waals surface area contributed by atoms with Crippen LogP contribution >= 0.6 is 0 Å². The smallest absolute Gasteiger partial charge is 0.238 e. The van der Waals surface area contributed by atoms with Crippen molar-refractivity contribution in [2.75, 3.05) is 36.1 Å². The highest BCUT2D eigenvalue weighted by Crippen LogP contribution is 2.56. The normalized spacial score (nSPS) is 26.5. The Morgan fingerprint density at radius 3 is 2.29 bits per heavy atom. The van der Waals surface area contributed by atoms with Crippen LogP contribution in [-0.4, -0.2) is 54.8 Å². The van der Waals surface area contributed by atoms with E-state index in [1.165, 1.54) is 11.0 Å². The van der Waals surface area contributed by atoms with Crippen LogP contribution in [0.3, 0.4) is 0 Å². The zero-order valence-corrected chi connectivity index (χ0v) is 24.9. The summed E-state index contributed by atoms with van der Waals surface area (Å²) in [5.41, 5.74) is 4.49. The van der Waals surface area contributed by atoms with E-state index in [0.717, 1.165) is 35.3 Å². The van der Waals surface area contributed by atoms with Crippen molar-refractivity contribution in [2.24, 2.45) is 17.8 Å². The predicted molar refractivity (Wildman–Crippen MR) is 169 cm³/mol. The SMILES string of the molecule is CC1=CC(=O)C2=C(CC3C(=CCC4C(=O)N(c5ccc(N6CCOCC6)cc5)C(=O)C43)C2c2ccc(O)c3ccccc23)C1=O. The third-order valence-corrected chi connectivity index (χ3v) is 10.3. The lowest BCUT2D eigenvalue weighted by atomic mass is 9.59. The van der Waals surface area contributed by atoms with Crippen molar-refractivity contribution in [2.45, 2.75) is 25.7 Å². The summed E-state index contributed by atoms with van der Waals surface area (Å²) in [4.78, 5) is 59.1. The van der Waals surface area contributed by atoms with Gasteiger partial charge in [-0.3, -0.25) is 24.1 Å². The fraction of sp³-hybridized carbons (Fsp3) is 0.297. The molecule has 2 heterocycles. The number of morpholine rings is 1. The molecule has 4 unspecified atom stereocenters. The summed E-state index contributed by atoms with van der Waals surface area (Å²) in [6, 6.07) is 18.4. The molecule has 0 radical (unpaired) electrons. The summed E-state index contributed by atoms with van der Waals surface area (Å²) in [5.74, 6) is -2.95. The number of phenols is 1. The van der Waals surface area contributed by atoms with Crippen molar-refractivity contribution < 1.29 is 29.0 Å². The van der Waals surface area contributed by atoms with Gasteiger partial charge in [-0.25, -0.2) is 0 Å². The Kier molecular flexibility index (Phi) is 6.39. The van der Waals surface area contributed by atoms with Crippen LogP contribution < -0.4 is 9.80 Å². The molecule has 3 aliphatic carbocycles. The number of ether oxygens (including phenoxy) is 1. The monoisotopic (exact) mass is 600 g/mol. The number of nitrogens with zero attached hydrogens (tertiary/aromatic N) is 2. The molecule has 8 rings (SSSR count). The average Bonchev–Trinajstić information content (AvgIpc) is 3.33. The number of carbonyl (C=O) groups excluding carboxylic acids is 4. The molecule has 45 heavy (non-hydrogen) atoms. The van der Waals surface area contributed by atoms with Crippen LogP contribution in [0.15, 0.2) is 95.1 Å². The van der Waals surface area contributed by atoms with Crippen LogP contribution in [0, 0.1) is 17.8 Å². The molecule has 4 atom stereocenters. The molecule has 0 saturated carbocycles. The highest BCUT2D eigenvalue weighted by Gasteiger charge is 2.56. The summed E-state index contributed by atoms with van der Waals surface area (Å²) in [7, 11) is 0. The number of carbonyl (C=O) groups is 4. The molecule has 5 aliphatic rings.